The van der Waals surface area contributed by atoms with Crippen molar-refractivity contribution in [1.82, 2.24) is 9.97 Å². The summed E-state index contributed by atoms with van der Waals surface area (Å²) < 4.78 is 0. The predicted octanol–water partition coefficient (Wildman–Crippen LogP) is 3.19. The highest BCUT2D eigenvalue weighted by Gasteiger charge is 2.27. The molecule has 0 aliphatic carbocycles. The summed E-state index contributed by atoms with van der Waals surface area (Å²) in [5.74, 6) is 1.31. The second kappa shape index (κ2) is 6.05. The number of fused-ring (bicyclic) bond motifs is 2. The minimum Gasteiger partial charge on any atom is -0.355 e. The maximum Gasteiger partial charge on any atom is 0.252 e. The third-order valence-corrected chi connectivity index (χ3v) is 4.74. The normalized spacial score (nSPS) is 14.4. The Balaban J connectivity index is 1.72. The van der Waals surface area contributed by atoms with Gasteiger partial charge in [0.25, 0.3) is 5.91 Å². The van der Waals surface area contributed by atoms with Crippen molar-refractivity contribution >= 4 is 46.0 Å². The Morgan fingerprint density at radius 3 is 2.58 bits per heavy atom. The quantitative estimate of drug-likeness (QED) is 0.675. The van der Waals surface area contributed by atoms with Gasteiger partial charge in [0.1, 0.15) is 0 Å². The Morgan fingerprint density at radius 2 is 1.88 bits per heavy atom. The second-order valence-corrected chi connectivity index (χ2v) is 6.44. The number of likely N-dealkylation sites (N-methyl/N-ethyl adjacent to an activating group) is 1. The van der Waals surface area contributed by atoms with E-state index in [4.69, 9.17) is 0 Å². The van der Waals surface area contributed by atoms with Crippen LogP contribution in [0, 0.1) is 0 Å². The molecule has 3 aromatic rings. The van der Waals surface area contributed by atoms with Crippen LogP contribution in [0.3, 0.4) is 0 Å². The number of aromatic nitrogens is 2. The topological polar surface area (TPSA) is 49.3 Å². The van der Waals surface area contributed by atoms with E-state index in [0.29, 0.717) is 12.4 Å². The summed E-state index contributed by atoms with van der Waals surface area (Å²) in [4.78, 5) is 25.8. The molecular formula is C18H16N4OS. The molecule has 3 heterocycles. The number of anilines is 2. The number of hydrogen-bond acceptors (Lipinski definition) is 5. The van der Waals surface area contributed by atoms with Crippen LogP contribution in [0.2, 0.25) is 0 Å². The van der Waals surface area contributed by atoms with Crippen molar-refractivity contribution in [3.05, 3.63) is 52.7 Å². The molecule has 0 bridgehead atoms. The van der Waals surface area contributed by atoms with E-state index >= 15 is 0 Å². The van der Waals surface area contributed by atoms with Crippen LogP contribution < -0.4 is 9.80 Å². The maximum atomic E-state index is 12.7. The van der Waals surface area contributed by atoms with E-state index in [0.717, 1.165) is 29.0 Å². The van der Waals surface area contributed by atoms with Gasteiger partial charge in [-0.05, 0) is 40.6 Å². The van der Waals surface area contributed by atoms with Crippen molar-refractivity contribution in [3.63, 3.8) is 0 Å². The molecule has 6 heteroatoms. The summed E-state index contributed by atoms with van der Waals surface area (Å²) in [5, 5.41) is 4.00. The zero-order valence-corrected chi connectivity index (χ0v) is 14.0. The first-order valence-electron chi connectivity index (χ1n) is 7.72. The average Bonchev–Trinajstić information content (AvgIpc) is 3.12. The monoisotopic (exact) mass is 336 g/mol. The number of benzene rings is 1. The molecule has 120 valence electrons. The summed E-state index contributed by atoms with van der Waals surface area (Å²) in [6.45, 7) is 1.33. The molecule has 1 aliphatic rings. The van der Waals surface area contributed by atoms with Gasteiger partial charge in [0.05, 0.1) is 11.0 Å². The van der Waals surface area contributed by atoms with E-state index in [1.54, 1.807) is 22.3 Å². The fourth-order valence-corrected chi connectivity index (χ4v) is 3.35. The van der Waals surface area contributed by atoms with Gasteiger partial charge in [0.2, 0.25) is 0 Å². The van der Waals surface area contributed by atoms with Crippen LogP contribution in [0.1, 0.15) is 5.56 Å². The van der Waals surface area contributed by atoms with Crippen LogP contribution in [0.25, 0.3) is 17.1 Å². The minimum absolute atomic E-state index is 0.0693. The molecule has 0 spiro atoms. The van der Waals surface area contributed by atoms with Crippen molar-refractivity contribution in [2.75, 3.05) is 29.9 Å². The molecule has 0 atom stereocenters. The molecule has 0 saturated heterocycles. The zero-order valence-electron chi connectivity index (χ0n) is 13.2. The lowest BCUT2D eigenvalue weighted by molar-refractivity contribution is -0.114. The molecule has 1 aromatic carbocycles. The summed E-state index contributed by atoms with van der Waals surface area (Å²) in [5.41, 5.74) is 2.67. The predicted molar refractivity (Wildman–Crippen MR) is 98.5 cm³/mol. The highest BCUT2D eigenvalue weighted by Crippen LogP contribution is 2.30. The summed E-state index contributed by atoms with van der Waals surface area (Å²) in [6, 6.07) is 9.71. The average molecular weight is 336 g/mol. The summed E-state index contributed by atoms with van der Waals surface area (Å²) in [7, 11) is 1.98. The molecular weight excluding hydrogens is 320 g/mol. The highest BCUT2D eigenvalue weighted by molar-refractivity contribution is 7.08. The number of amides is 1. The second-order valence-electron chi connectivity index (χ2n) is 5.66. The van der Waals surface area contributed by atoms with Gasteiger partial charge in [-0.1, -0.05) is 12.1 Å². The minimum atomic E-state index is -0.0693. The fourth-order valence-electron chi connectivity index (χ4n) is 2.72. The van der Waals surface area contributed by atoms with Crippen molar-refractivity contribution in [2.24, 2.45) is 0 Å². The third-order valence-electron chi connectivity index (χ3n) is 4.04. The van der Waals surface area contributed by atoms with Gasteiger partial charge >= 0.3 is 0 Å². The number of para-hydroxylation sites is 2. The Kier molecular flexibility index (Phi) is 3.74. The molecule has 0 saturated carbocycles. The highest BCUT2D eigenvalue weighted by atomic mass is 32.1. The van der Waals surface area contributed by atoms with Crippen LogP contribution in [-0.4, -0.2) is 36.0 Å². The van der Waals surface area contributed by atoms with Crippen molar-refractivity contribution < 1.29 is 4.79 Å². The Hall–Kier alpha value is -2.73. The number of nitrogens with zero attached hydrogens (tertiary/aromatic N) is 4. The van der Waals surface area contributed by atoms with Crippen LogP contribution >= 0.6 is 11.3 Å². The lowest BCUT2D eigenvalue weighted by Gasteiger charge is -2.33. The Labute approximate surface area is 143 Å². The number of rotatable bonds is 2. The van der Waals surface area contributed by atoms with E-state index in [2.05, 4.69) is 9.97 Å². The largest absolute Gasteiger partial charge is 0.355 e. The van der Waals surface area contributed by atoms with Gasteiger partial charge in [-0.15, -0.1) is 0 Å². The lowest BCUT2D eigenvalue weighted by atomic mass is 10.2. The maximum absolute atomic E-state index is 12.7. The fraction of sp³-hybridized carbons (Fsp3) is 0.167. The molecule has 1 aliphatic heterocycles. The SMILES string of the molecule is CN1CCN(C(=O)/C=C/c2ccsc2)c2nc3ccccc3nc21. The number of carbonyl (C=O) groups excluding carboxylic acids is 1. The first kappa shape index (κ1) is 14.8. The standard InChI is InChI=1S/C18H16N4OS/c1-21-9-10-22(16(23)7-6-13-8-11-24-12-13)18-17(21)19-14-4-2-3-5-15(14)20-18/h2-8,11-12H,9-10H2,1H3/b7-6+. The van der Waals surface area contributed by atoms with Gasteiger partial charge in [-0.25, -0.2) is 9.97 Å². The van der Waals surface area contributed by atoms with E-state index in [1.165, 1.54) is 0 Å². The van der Waals surface area contributed by atoms with Crippen LogP contribution in [-0.2, 0) is 4.79 Å². The molecule has 1 amide bonds. The number of carbonyl (C=O) groups is 1. The molecule has 0 unspecified atom stereocenters. The molecule has 0 radical (unpaired) electrons. The first-order chi connectivity index (χ1) is 11.7. The van der Waals surface area contributed by atoms with Crippen LogP contribution in [0.15, 0.2) is 47.2 Å². The molecule has 0 N–H and O–H groups in total. The van der Waals surface area contributed by atoms with E-state index < -0.39 is 0 Å². The summed E-state index contributed by atoms with van der Waals surface area (Å²) >= 11 is 1.61. The van der Waals surface area contributed by atoms with Gasteiger partial charge in [0.15, 0.2) is 11.6 Å². The van der Waals surface area contributed by atoms with Crippen molar-refractivity contribution in [3.8, 4) is 0 Å². The molecule has 2 aromatic heterocycles. The van der Waals surface area contributed by atoms with Crippen molar-refractivity contribution in [1.29, 1.82) is 0 Å². The molecule has 0 fully saturated rings. The van der Waals surface area contributed by atoms with Crippen molar-refractivity contribution in [2.45, 2.75) is 0 Å². The van der Waals surface area contributed by atoms with E-state index in [-0.39, 0.29) is 5.91 Å². The van der Waals surface area contributed by atoms with E-state index in [9.17, 15) is 4.79 Å². The summed E-state index contributed by atoms with van der Waals surface area (Å²) in [6.07, 6.45) is 3.44. The van der Waals surface area contributed by atoms with Crippen LogP contribution in [0.5, 0.6) is 0 Å². The lowest BCUT2D eigenvalue weighted by Crippen LogP contribution is -2.43. The molecule has 4 rings (SSSR count). The zero-order chi connectivity index (χ0) is 16.5. The van der Waals surface area contributed by atoms with Gasteiger partial charge in [-0.3, -0.25) is 9.69 Å². The van der Waals surface area contributed by atoms with Gasteiger partial charge < -0.3 is 4.90 Å². The Morgan fingerprint density at radius 1 is 1.12 bits per heavy atom. The smallest absolute Gasteiger partial charge is 0.252 e. The molecule has 5 nitrogen and oxygen atoms in total. The Bertz CT molecular complexity index is 920. The third kappa shape index (κ3) is 2.65. The first-order valence-corrected chi connectivity index (χ1v) is 8.66. The molecule has 24 heavy (non-hydrogen) atoms. The number of thiophene rings is 1. The van der Waals surface area contributed by atoms with Gasteiger partial charge in [-0.2, -0.15) is 11.3 Å². The van der Waals surface area contributed by atoms with E-state index in [1.807, 2.05) is 59.1 Å². The van der Waals surface area contributed by atoms with Crippen LogP contribution in [0.4, 0.5) is 11.6 Å². The van der Waals surface area contributed by atoms with Gasteiger partial charge in [0, 0.05) is 26.2 Å². The number of hydrogen-bond donors (Lipinski definition) is 0.